The van der Waals surface area contributed by atoms with Crippen LogP contribution >= 0.6 is 0 Å². The monoisotopic (exact) mass is 448 g/mol. The summed E-state index contributed by atoms with van der Waals surface area (Å²) in [5.41, 5.74) is 0. The van der Waals surface area contributed by atoms with Crippen molar-refractivity contribution in [1.29, 1.82) is 0 Å². The summed E-state index contributed by atoms with van der Waals surface area (Å²) in [4.78, 5) is 0. The quantitative estimate of drug-likeness (QED) is 0.289. The summed E-state index contributed by atoms with van der Waals surface area (Å²) in [5, 5.41) is 0. The average Bonchev–Trinajstić information content (AvgIpc) is 2.62. The van der Waals surface area contributed by atoms with E-state index in [4.69, 9.17) is 43.6 Å². The van der Waals surface area contributed by atoms with Gasteiger partial charge in [-0.05, 0) is 41.5 Å². The molecule has 0 bridgehead atoms. The van der Waals surface area contributed by atoms with Crippen LogP contribution in [0.25, 0.3) is 0 Å². The fourth-order valence-corrected chi connectivity index (χ4v) is 10.5. The van der Waals surface area contributed by atoms with Crippen LogP contribution in [-0.2, 0) is 43.6 Å². The molecule has 0 fully saturated rings. The van der Waals surface area contributed by atoms with Gasteiger partial charge in [0.1, 0.15) is 0 Å². The van der Waals surface area contributed by atoms with E-state index in [1.165, 1.54) is 14.2 Å². The van der Waals surface area contributed by atoms with Crippen molar-refractivity contribution in [1.82, 2.24) is 0 Å². The molecule has 0 aliphatic rings. The fraction of sp³-hybridized carbons (Fsp3) is 1.00. The van der Waals surface area contributed by atoms with Gasteiger partial charge in [0.25, 0.3) is 0 Å². The molecule has 0 aromatic rings. The highest BCUT2D eigenvalue weighted by Gasteiger charge is 2.65. The van der Waals surface area contributed by atoms with Crippen molar-refractivity contribution in [3.8, 4) is 0 Å². The van der Waals surface area contributed by atoms with Crippen LogP contribution in [-0.4, -0.2) is 81.0 Å². The molecule has 0 aromatic carbocycles. The van der Waals surface area contributed by atoms with E-state index in [1.807, 2.05) is 27.7 Å². The molecule has 0 saturated carbocycles. The Hall–Kier alpha value is 0.251. The first-order chi connectivity index (χ1) is 12.9. The van der Waals surface area contributed by atoms with Crippen LogP contribution < -0.4 is 0 Å². The molecule has 0 amide bonds. The normalized spacial score (nSPS) is 13.3. The average molecular weight is 449 g/mol. The maximum Gasteiger partial charge on any atom is 0.673 e. The van der Waals surface area contributed by atoms with E-state index in [1.54, 1.807) is 13.8 Å². The van der Waals surface area contributed by atoms with Crippen molar-refractivity contribution in [2.24, 2.45) is 0 Å². The molecule has 0 atom stereocenters. The minimum Gasteiger partial charge on any atom is -0.355 e. The molecule has 27 heavy (non-hydrogen) atoms. The van der Waals surface area contributed by atoms with E-state index in [-0.39, 0.29) is 13.2 Å². The second-order valence-corrected chi connectivity index (χ2v) is 11.9. The standard InChI is InChI=1S/C14H36O10Si3/c1-9-17-25(15-7,18-10-2)23-27(21-13-5,22-14-6)24-26(16-8,19-11-3)20-12-4/h9-14H2,1-8H3. The highest BCUT2D eigenvalue weighted by atomic mass is 28.5. The predicted molar refractivity (Wildman–Crippen MR) is 103 cm³/mol. The van der Waals surface area contributed by atoms with Gasteiger partial charge < -0.3 is 43.6 Å². The molecular weight excluding hydrogens is 412 g/mol. The summed E-state index contributed by atoms with van der Waals surface area (Å²) in [6, 6.07) is 0. The van der Waals surface area contributed by atoms with Gasteiger partial charge in [-0.15, -0.1) is 0 Å². The predicted octanol–water partition coefficient (Wildman–Crippen LogP) is 1.84. The van der Waals surface area contributed by atoms with Gasteiger partial charge in [-0.3, -0.25) is 0 Å². The zero-order chi connectivity index (χ0) is 20.8. The smallest absolute Gasteiger partial charge is 0.355 e. The topological polar surface area (TPSA) is 92.3 Å². The van der Waals surface area contributed by atoms with Crippen LogP contribution in [0.1, 0.15) is 41.5 Å². The third-order valence-electron chi connectivity index (χ3n) is 2.93. The summed E-state index contributed by atoms with van der Waals surface area (Å²) in [6.07, 6.45) is 0. The van der Waals surface area contributed by atoms with Crippen molar-refractivity contribution in [2.75, 3.05) is 53.9 Å². The Balaban J connectivity index is 5.98. The Labute approximate surface area is 166 Å². The molecule has 0 spiro atoms. The van der Waals surface area contributed by atoms with Gasteiger partial charge in [0.2, 0.25) is 0 Å². The van der Waals surface area contributed by atoms with Gasteiger partial charge in [0.15, 0.2) is 0 Å². The van der Waals surface area contributed by atoms with E-state index >= 15 is 0 Å². The number of hydrogen-bond donors (Lipinski definition) is 0. The van der Waals surface area contributed by atoms with Gasteiger partial charge >= 0.3 is 27.1 Å². The lowest BCUT2D eigenvalue weighted by Gasteiger charge is -2.38. The van der Waals surface area contributed by atoms with Crippen molar-refractivity contribution in [3.05, 3.63) is 0 Å². The lowest BCUT2D eigenvalue weighted by molar-refractivity contribution is -0.0696. The Kier molecular flexibility index (Phi) is 14.4. The van der Waals surface area contributed by atoms with Crippen LogP contribution in [0.5, 0.6) is 0 Å². The van der Waals surface area contributed by atoms with Crippen molar-refractivity contribution >= 4 is 27.1 Å². The van der Waals surface area contributed by atoms with Crippen LogP contribution in [0.15, 0.2) is 0 Å². The second kappa shape index (κ2) is 14.3. The molecule has 164 valence electrons. The van der Waals surface area contributed by atoms with Crippen molar-refractivity contribution in [2.45, 2.75) is 41.5 Å². The third-order valence-corrected chi connectivity index (χ3v) is 11.8. The third kappa shape index (κ3) is 8.65. The molecule has 10 nitrogen and oxygen atoms in total. The van der Waals surface area contributed by atoms with Crippen molar-refractivity contribution in [3.63, 3.8) is 0 Å². The fourth-order valence-electron chi connectivity index (χ4n) is 2.07. The summed E-state index contributed by atoms with van der Waals surface area (Å²) >= 11 is 0. The molecule has 0 aromatic heterocycles. The highest BCUT2D eigenvalue weighted by Crippen LogP contribution is 2.26. The van der Waals surface area contributed by atoms with Crippen LogP contribution in [0.4, 0.5) is 0 Å². The maximum atomic E-state index is 6.13. The Morgan fingerprint density at radius 2 is 0.630 bits per heavy atom. The molecule has 0 saturated heterocycles. The van der Waals surface area contributed by atoms with Gasteiger partial charge in [-0.2, -0.15) is 0 Å². The van der Waals surface area contributed by atoms with Crippen molar-refractivity contribution < 1.29 is 43.6 Å². The summed E-state index contributed by atoms with van der Waals surface area (Å²) in [6.45, 7) is 12.6. The Morgan fingerprint density at radius 1 is 0.407 bits per heavy atom. The Bertz CT molecular complexity index is 331. The maximum absolute atomic E-state index is 6.13. The van der Waals surface area contributed by atoms with E-state index in [0.717, 1.165) is 0 Å². The summed E-state index contributed by atoms with van der Waals surface area (Å²) in [7, 11) is -8.18. The van der Waals surface area contributed by atoms with E-state index < -0.39 is 27.1 Å². The SMILES string of the molecule is CCO[Si](OC)(OCC)O[Si](OCC)(OCC)O[Si](OC)(OCC)OCC. The molecule has 13 heteroatoms. The van der Waals surface area contributed by atoms with Crippen LogP contribution in [0.3, 0.4) is 0 Å². The molecule has 0 heterocycles. The first kappa shape index (κ1) is 27.3. The van der Waals surface area contributed by atoms with E-state index in [0.29, 0.717) is 26.4 Å². The molecule has 0 N–H and O–H groups in total. The first-order valence-electron chi connectivity index (χ1n) is 9.24. The largest absolute Gasteiger partial charge is 0.673 e. The second-order valence-electron chi connectivity index (χ2n) is 4.71. The molecule has 0 aliphatic heterocycles. The van der Waals surface area contributed by atoms with Gasteiger partial charge in [0.05, 0.1) is 0 Å². The van der Waals surface area contributed by atoms with E-state index in [9.17, 15) is 0 Å². The minimum absolute atomic E-state index is 0.255. The van der Waals surface area contributed by atoms with Crippen LogP contribution in [0, 0.1) is 0 Å². The van der Waals surface area contributed by atoms with Gasteiger partial charge in [0, 0.05) is 53.9 Å². The van der Waals surface area contributed by atoms with Gasteiger partial charge in [-0.25, -0.2) is 0 Å². The minimum atomic E-state index is -3.88. The lowest BCUT2D eigenvalue weighted by atomic mass is 10.9. The summed E-state index contributed by atoms with van der Waals surface area (Å²) in [5.74, 6) is 0. The first-order valence-corrected chi connectivity index (χ1v) is 14.1. The number of hydrogen-bond acceptors (Lipinski definition) is 10. The molecule has 0 aliphatic carbocycles. The zero-order valence-electron chi connectivity index (χ0n) is 17.8. The van der Waals surface area contributed by atoms with Crippen LogP contribution in [0.2, 0.25) is 0 Å². The highest BCUT2D eigenvalue weighted by molar-refractivity contribution is 6.74. The van der Waals surface area contributed by atoms with Gasteiger partial charge in [-0.1, -0.05) is 0 Å². The zero-order valence-corrected chi connectivity index (χ0v) is 20.8. The molecule has 0 rings (SSSR count). The van der Waals surface area contributed by atoms with E-state index in [2.05, 4.69) is 0 Å². The lowest BCUT2D eigenvalue weighted by Crippen LogP contribution is -2.67. The number of rotatable bonds is 18. The molecule has 0 unspecified atom stereocenters. The summed E-state index contributed by atoms with van der Waals surface area (Å²) < 4.78 is 57.7. The Morgan fingerprint density at radius 3 is 0.815 bits per heavy atom. The molecule has 0 radical (unpaired) electrons. The molecular formula is C14H36O10Si3.